The van der Waals surface area contributed by atoms with Crippen LogP contribution in [-0.2, 0) is 4.79 Å². The molecular formula is C16H13ClO3S. The first-order chi connectivity index (χ1) is 10.1. The number of halogens is 1. The molecule has 5 heteroatoms. The van der Waals surface area contributed by atoms with E-state index in [1.54, 1.807) is 48.5 Å². The fourth-order valence-corrected chi connectivity index (χ4v) is 2.85. The van der Waals surface area contributed by atoms with Crippen LogP contribution < -0.4 is 0 Å². The van der Waals surface area contributed by atoms with Gasteiger partial charge in [0.25, 0.3) is 0 Å². The van der Waals surface area contributed by atoms with Gasteiger partial charge in [-0.15, -0.1) is 11.8 Å². The number of hydrogen-bond donors (Lipinski definition) is 1. The van der Waals surface area contributed by atoms with E-state index in [0.29, 0.717) is 10.6 Å². The van der Waals surface area contributed by atoms with Crippen LogP contribution in [0.2, 0.25) is 5.02 Å². The van der Waals surface area contributed by atoms with E-state index in [-0.39, 0.29) is 12.2 Å². The van der Waals surface area contributed by atoms with Crippen LogP contribution in [0.5, 0.6) is 0 Å². The van der Waals surface area contributed by atoms with Crippen molar-refractivity contribution >= 4 is 35.1 Å². The third kappa shape index (κ3) is 4.62. The minimum Gasteiger partial charge on any atom is -0.480 e. The topological polar surface area (TPSA) is 54.4 Å². The lowest BCUT2D eigenvalue weighted by Gasteiger charge is -2.11. The van der Waals surface area contributed by atoms with Crippen LogP contribution in [-0.4, -0.2) is 22.1 Å². The van der Waals surface area contributed by atoms with E-state index in [2.05, 4.69) is 0 Å². The molecule has 0 heterocycles. The molecule has 0 saturated carbocycles. The number of benzene rings is 2. The first-order valence-corrected chi connectivity index (χ1v) is 7.55. The zero-order valence-corrected chi connectivity index (χ0v) is 12.6. The summed E-state index contributed by atoms with van der Waals surface area (Å²) in [7, 11) is 0. The molecule has 0 saturated heterocycles. The van der Waals surface area contributed by atoms with Crippen LogP contribution in [0.15, 0.2) is 59.5 Å². The van der Waals surface area contributed by atoms with Gasteiger partial charge in [0.1, 0.15) is 5.25 Å². The van der Waals surface area contributed by atoms with E-state index in [1.165, 1.54) is 0 Å². The second-order valence-corrected chi connectivity index (χ2v) is 6.10. The molecule has 0 radical (unpaired) electrons. The van der Waals surface area contributed by atoms with Gasteiger partial charge >= 0.3 is 5.97 Å². The average Bonchev–Trinajstić information content (AvgIpc) is 2.49. The molecule has 3 nitrogen and oxygen atoms in total. The second kappa shape index (κ2) is 7.29. The number of rotatable bonds is 6. The SMILES string of the molecule is O=C(CC(Sc1ccc(Cl)cc1)C(=O)O)c1ccccc1. The summed E-state index contributed by atoms with van der Waals surface area (Å²) in [6.45, 7) is 0. The highest BCUT2D eigenvalue weighted by Crippen LogP contribution is 2.27. The van der Waals surface area contributed by atoms with Crippen molar-refractivity contribution in [2.75, 3.05) is 0 Å². The number of aliphatic carboxylic acids is 1. The van der Waals surface area contributed by atoms with Crippen molar-refractivity contribution in [1.29, 1.82) is 0 Å². The molecule has 2 aromatic rings. The number of carboxylic acids is 1. The molecule has 2 aromatic carbocycles. The van der Waals surface area contributed by atoms with Crippen LogP contribution in [0.4, 0.5) is 0 Å². The molecule has 0 fully saturated rings. The van der Waals surface area contributed by atoms with Crippen LogP contribution >= 0.6 is 23.4 Å². The Hall–Kier alpha value is -1.78. The van der Waals surface area contributed by atoms with Gasteiger partial charge in [-0.2, -0.15) is 0 Å². The van der Waals surface area contributed by atoms with Crippen LogP contribution in [0.1, 0.15) is 16.8 Å². The lowest BCUT2D eigenvalue weighted by Crippen LogP contribution is -2.20. The van der Waals surface area contributed by atoms with E-state index in [0.717, 1.165) is 16.7 Å². The minimum absolute atomic E-state index is 0.0490. The molecule has 108 valence electrons. The lowest BCUT2D eigenvalue weighted by atomic mass is 10.1. The maximum absolute atomic E-state index is 12.1. The van der Waals surface area contributed by atoms with Gasteiger partial charge in [-0.25, -0.2) is 0 Å². The first-order valence-electron chi connectivity index (χ1n) is 6.29. The van der Waals surface area contributed by atoms with E-state index in [9.17, 15) is 14.7 Å². The first kappa shape index (κ1) is 15.6. The van der Waals surface area contributed by atoms with Crippen molar-refractivity contribution in [3.63, 3.8) is 0 Å². The van der Waals surface area contributed by atoms with Crippen LogP contribution in [0.25, 0.3) is 0 Å². The molecule has 0 amide bonds. The van der Waals surface area contributed by atoms with E-state index >= 15 is 0 Å². The summed E-state index contributed by atoms with van der Waals surface area (Å²) in [6, 6.07) is 15.6. The molecule has 1 N–H and O–H groups in total. The third-order valence-corrected chi connectivity index (χ3v) is 4.28. The molecule has 1 unspecified atom stereocenters. The standard InChI is InChI=1S/C16H13ClO3S/c17-12-6-8-13(9-7-12)21-15(16(19)20)10-14(18)11-4-2-1-3-5-11/h1-9,15H,10H2,(H,19,20). The van der Waals surface area contributed by atoms with Gasteiger partial charge in [0, 0.05) is 21.9 Å². The molecule has 0 aliphatic carbocycles. The fraction of sp³-hybridized carbons (Fsp3) is 0.125. The van der Waals surface area contributed by atoms with Crippen molar-refractivity contribution in [2.45, 2.75) is 16.6 Å². The lowest BCUT2D eigenvalue weighted by molar-refractivity contribution is -0.136. The minimum atomic E-state index is -1.00. The highest BCUT2D eigenvalue weighted by Gasteiger charge is 2.23. The largest absolute Gasteiger partial charge is 0.480 e. The van der Waals surface area contributed by atoms with Gasteiger partial charge in [0.2, 0.25) is 0 Å². The molecule has 21 heavy (non-hydrogen) atoms. The summed E-state index contributed by atoms with van der Waals surface area (Å²) in [5.41, 5.74) is 0.528. The average molecular weight is 321 g/mol. The number of ketones is 1. The van der Waals surface area contributed by atoms with E-state index in [4.69, 9.17) is 11.6 Å². The van der Waals surface area contributed by atoms with E-state index in [1.807, 2.05) is 6.07 Å². The van der Waals surface area contributed by atoms with Gasteiger partial charge in [0.15, 0.2) is 5.78 Å². The number of hydrogen-bond acceptors (Lipinski definition) is 3. The maximum atomic E-state index is 12.1. The number of carbonyl (C=O) groups excluding carboxylic acids is 1. The van der Waals surface area contributed by atoms with Gasteiger partial charge in [-0.05, 0) is 24.3 Å². The Bertz CT molecular complexity index is 626. The van der Waals surface area contributed by atoms with Gasteiger partial charge in [0.05, 0.1) is 0 Å². The number of carbonyl (C=O) groups is 2. The summed E-state index contributed by atoms with van der Waals surface area (Å²) in [6.07, 6.45) is -0.0490. The van der Waals surface area contributed by atoms with Crippen LogP contribution in [0.3, 0.4) is 0 Å². The highest BCUT2D eigenvalue weighted by molar-refractivity contribution is 8.00. The summed E-state index contributed by atoms with van der Waals surface area (Å²) in [5, 5.41) is 9.05. The van der Waals surface area contributed by atoms with Crippen molar-refractivity contribution in [1.82, 2.24) is 0 Å². The Labute approximate surface area is 131 Å². The molecule has 0 bridgehead atoms. The third-order valence-electron chi connectivity index (χ3n) is 2.83. The molecule has 0 aromatic heterocycles. The quantitative estimate of drug-likeness (QED) is 0.641. The Kier molecular flexibility index (Phi) is 5.42. The molecule has 2 rings (SSSR count). The Morgan fingerprint density at radius 1 is 1.05 bits per heavy atom. The Balaban J connectivity index is 2.07. The van der Waals surface area contributed by atoms with Crippen molar-refractivity contribution in [3.05, 3.63) is 65.2 Å². The predicted molar refractivity (Wildman–Crippen MR) is 84.1 cm³/mol. The number of Topliss-reactive ketones (excluding diaryl/α,β-unsaturated/α-hetero) is 1. The second-order valence-electron chi connectivity index (χ2n) is 4.39. The zero-order chi connectivity index (χ0) is 15.2. The predicted octanol–water partition coefficient (Wildman–Crippen LogP) is 4.16. The maximum Gasteiger partial charge on any atom is 0.317 e. The summed E-state index contributed by atoms with van der Waals surface area (Å²) >= 11 is 6.94. The zero-order valence-electron chi connectivity index (χ0n) is 11.0. The number of carboxylic acid groups (broad SMARTS) is 1. The van der Waals surface area contributed by atoms with Gasteiger partial charge in [-0.1, -0.05) is 41.9 Å². The summed E-state index contributed by atoms with van der Waals surface area (Å²) in [4.78, 5) is 24.2. The summed E-state index contributed by atoms with van der Waals surface area (Å²) < 4.78 is 0. The molecular weight excluding hydrogens is 308 g/mol. The normalized spacial score (nSPS) is 11.9. The molecule has 1 atom stereocenters. The fourth-order valence-electron chi connectivity index (χ4n) is 1.77. The monoisotopic (exact) mass is 320 g/mol. The van der Waals surface area contributed by atoms with Gasteiger partial charge in [-0.3, -0.25) is 9.59 Å². The van der Waals surface area contributed by atoms with Crippen LogP contribution in [0, 0.1) is 0 Å². The van der Waals surface area contributed by atoms with Crippen molar-refractivity contribution in [2.24, 2.45) is 0 Å². The summed E-state index contributed by atoms with van der Waals surface area (Å²) in [5.74, 6) is -1.18. The van der Waals surface area contributed by atoms with E-state index < -0.39 is 11.2 Å². The smallest absolute Gasteiger partial charge is 0.317 e. The molecule has 0 aliphatic heterocycles. The molecule has 0 aliphatic rings. The van der Waals surface area contributed by atoms with Crippen molar-refractivity contribution < 1.29 is 14.7 Å². The number of thioether (sulfide) groups is 1. The van der Waals surface area contributed by atoms with Crippen molar-refractivity contribution in [3.8, 4) is 0 Å². The Morgan fingerprint density at radius 2 is 1.67 bits per heavy atom. The molecule has 0 spiro atoms. The highest BCUT2D eigenvalue weighted by atomic mass is 35.5. The van der Waals surface area contributed by atoms with Gasteiger partial charge < -0.3 is 5.11 Å². The Morgan fingerprint density at radius 3 is 2.24 bits per heavy atom.